The van der Waals surface area contributed by atoms with Crippen LogP contribution in [-0.2, 0) is 11.3 Å². The summed E-state index contributed by atoms with van der Waals surface area (Å²) in [7, 11) is 1.42. The van der Waals surface area contributed by atoms with E-state index in [-0.39, 0.29) is 25.3 Å². The van der Waals surface area contributed by atoms with E-state index < -0.39 is 12.7 Å². The molecule has 9 heteroatoms. The van der Waals surface area contributed by atoms with Crippen molar-refractivity contribution >= 4 is 16.3 Å². The maximum atomic E-state index is 12.6. The van der Waals surface area contributed by atoms with Crippen molar-refractivity contribution in [1.82, 2.24) is 14.3 Å². The summed E-state index contributed by atoms with van der Waals surface area (Å²) in [6, 6.07) is 1.26. The molecule has 2 rings (SSSR count). The Labute approximate surface area is 122 Å². The van der Waals surface area contributed by atoms with Gasteiger partial charge in [0.25, 0.3) is 5.56 Å². The van der Waals surface area contributed by atoms with Crippen LogP contribution in [0.4, 0.5) is 13.2 Å². The van der Waals surface area contributed by atoms with Gasteiger partial charge in [0, 0.05) is 37.8 Å². The van der Waals surface area contributed by atoms with Crippen LogP contribution in [0.3, 0.4) is 0 Å². The monoisotopic (exact) mass is 321 g/mol. The Kier molecular flexibility index (Phi) is 4.96. The summed E-state index contributed by atoms with van der Waals surface area (Å²) >= 11 is 1.26. The molecular weight excluding hydrogens is 307 g/mol. The van der Waals surface area contributed by atoms with Crippen LogP contribution in [0.25, 0.3) is 4.96 Å². The van der Waals surface area contributed by atoms with Gasteiger partial charge < -0.3 is 4.74 Å². The fourth-order valence-corrected chi connectivity index (χ4v) is 2.62. The maximum Gasteiger partial charge on any atom is 0.401 e. The fourth-order valence-electron chi connectivity index (χ4n) is 1.89. The molecule has 2 heterocycles. The van der Waals surface area contributed by atoms with Gasteiger partial charge >= 0.3 is 6.18 Å². The van der Waals surface area contributed by atoms with E-state index in [1.54, 1.807) is 11.6 Å². The number of halogens is 3. The second kappa shape index (κ2) is 6.54. The third-order valence-electron chi connectivity index (χ3n) is 2.76. The van der Waals surface area contributed by atoms with Crippen LogP contribution in [0, 0.1) is 0 Å². The molecule has 0 bridgehead atoms. The first-order chi connectivity index (χ1) is 9.89. The number of ether oxygens (including phenoxy) is 1. The van der Waals surface area contributed by atoms with E-state index in [2.05, 4.69) is 4.98 Å². The lowest BCUT2D eigenvalue weighted by Crippen LogP contribution is -2.36. The molecule has 0 N–H and O–H groups in total. The second-order valence-electron chi connectivity index (χ2n) is 4.46. The molecule has 0 saturated heterocycles. The zero-order valence-electron chi connectivity index (χ0n) is 11.3. The zero-order valence-corrected chi connectivity index (χ0v) is 12.1. The van der Waals surface area contributed by atoms with Crippen molar-refractivity contribution in [3.8, 4) is 0 Å². The van der Waals surface area contributed by atoms with E-state index in [0.717, 1.165) is 4.90 Å². The molecule has 0 aromatic carbocycles. The van der Waals surface area contributed by atoms with Crippen LogP contribution in [0.1, 0.15) is 5.69 Å². The maximum absolute atomic E-state index is 12.6. The SMILES string of the molecule is COCCN(Cc1cc(=O)n2ccsc2n1)CC(F)(F)F. The average molecular weight is 321 g/mol. The first-order valence-electron chi connectivity index (χ1n) is 6.13. The van der Waals surface area contributed by atoms with Gasteiger partial charge in [-0.3, -0.25) is 14.1 Å². The van der Waals surface area contributed by atoms with Crippen LogP contribution in [-0.4, -0.2) is 47.3 Å². The van der Waals surface area contributed by atoms with Crippen molar-refractivity contribution < 1.29 is 17.9 Å². The summed E-state index contributed by atoms with van der Waals surface area (Å²) in [5.74, 6) is 0. The summed E-state index contributed by atoms with van der Waals surface area (Å²) < 4.78 is 43.8. The van der Waals surface area contributed by atoms with Gasteiger partial charge in [-0.2, -0.15) is 13.2 Å². The molecule has 0 radical (unpaired) electrons. The van der Waals surface area contributed by atoms with E-state index in [9.17, 15) is 18.0 Å². The third kappa shape index (κ3) is 4.51. The number of nitrogens with zero attached hydrogens (tertiary/aromatic N) is 3. The van der Waals surface area contributed by atoms with Gasteiger partial charge in [-0.15, -0.1) is 11.3 Å². The number of hydrogen-bond acceptors (Lipinski definition) is 5. The highest BCUT2D eigenvalue weighted by Crippen LogP contribution is 2.17. The second-order valence-corrected chi connectivity index (χ2v) is 5.33. The Hall–Kier alpha value is -1.45. The van der Waals surface area contributed by atoms with Crippen molar-refractivity contribution in [2.45, 2.75) is 12.7 Å². The molecule has 0 atom stereocenters. The molecule has 0 aliphatic heterocycles. The minimum absolute atomic E-state index is 0.0491. The Morgan fingerprint density at radius 3 is 2.90 bits per heavy atom. The number of alkyl halides is 3. The van der Waals surface area contributed by atoms with E-state index in [0.29, 0.717) is 10.7 Å². The third-order valence-corrected chi connectivity index (χ3v) is 3.51. The van der Waals surface area contributed by atoms with Gasteiger partial charge in [0.2, 0.25) is 0 Å². The van der Waals surface area contributed by atoms with Gasteiger partial charge in [-0.05, 0) is 0 Å². The van der Waals surface area contributed by atoms with Crippen LogP contribution < -0.4 is 5.56 Å². The molecule has 5 nitrogen and oxygen atoms in total. The van der Waals surface area contributed by atoms with Gasteiger partial charge in [0.1, 0.15) is 0 Å². The lowest BCUT2D eigenvalue weighted by molar-refractivity contribution is -0.148. The molecule has 0 spiro atoms. The summed E-state index contributed by atoms with van der Waals surface area (Å²) in [6.07, 6.45) is -2.73. The molecular formula is C12H14F3N3O2S. The number of hydrogen-bond donors (Lipinski definition) is 0. The summed E-state index contributed by atoms with van der Waals surface area (Å²) in [5, 5.41) is 1.70. The number of thiazole rings is 1. The van der Waals surface area contributed by atoms with E-state index in [1.165, 1.54) is 28.9 Å². The molecule has 2 aromatic heterocycles. The molecule has 0 fully saturated rings. The summed E-state index contributed by atoms with van der Waals surface area (Å²) in [6.45, 7) is -0.827. The number of fused-ring (bicyclic) bond motifs is 1. The Bertz CT molecular complexity index is 653. The Morgan fingerprint density at radius 2 is 2.24 bits per heavy atom. The smallest absolute Gasteiger partial charge is 0.383 e. The van der Waals surface area contributed by atoms with Crippen molar-refractivity contribution in [2.24, 2.45) is 0 Å². The Morgan fingerprint density at radius 1 is 1.48 bits per heavy atom. The van der Waals surface area contributed by atoms with E-state index >= 15 is 0 Å². The zero-order chi connectivity index (χ0) is 15.5. The van der Waals surface area contributed by atoms with Gasteiger partial charge in [-0.1, -0.05) is 0 Å². The van der Waals surface area contributed by atoms with E-state index in [4.69, 9.17) is 4.74 Å². The first kappa shape index (κ1) is 15.9. The van der Waals surface area contributed by atoms with Crippen LogP contribution in [0.15, 0.2) is 22.4 Å². The highest BCUT2D eigenvalue weighted by atomic mass is 32.1. The van der Waals surface area contributed by atoms with Crippen LogP contribution in [0.2, 0.25) is 0 Å². The lowest BCUT2D eigenvalue weighted by Gasteiger charge is -2.22. The quantitative estimate of drug-likeness (QED) is 0.813. The number of rotatable bonds is 6. The Balaban J connectivity index is 2.18. The number of aromatic nitrogens is 2. The molecule has 116 valence electrons. The first-order valence-corrected chi connectivity index (χ1v) is 7.01. The minimum Gasteiger partial charge on any atom is -0.383 e. The predicted octanol–water partition coefficient (Wildman–Crippen LogP) is 1.77. The van der Waals surface area contributed by atoms with Crippen molar-refractivity contribution in [3.63, 3.8) is 0 Å². The molecule has 0 amide bonds. The highest BCUT2D eigenvalue weighted by Gasteiger charge is 2.30. The molecule has 0 aliphatic rings. The molecule has 0 saturated carbocycles. The highest BCUT2D eigenvalue weighted by molar-refractivity contribution is 7.15. The van der Waals surface area contributed by atoms with Crippen molar-refractivity contribution in [1.29, 1.82) is 0 Å². The molecule has 0 aliphatic carbocycles. The van der Waals surface area contributed by atoms with Crippen LogP contribution >= 0.6 is 11.3 Å². The van der Waals surface area contributed by atoms with Gasteiger partial charge in [0.05, 0.1) is 18.8 Å². The lowest BCUT2D eigenvalue weighted by atomic mass is 10.3. The van der Waals surface area contributed by atoms with E-state index in [1.807, 2.05) is 0 Å². The topological polar surface area (TPSA) is 46.8 Å². The fraction of sp³-hybridized carbons (Fsp3) is 0.500. The average Bonchev–Trinajstić information content (AvgIpc) is 2.83. The standard InChI is InChI=1S/C12H14F3N3O2S/c1-20-4-2-17(8-12(13,14)15)7-9-6-10(19)18-3-5-21-11(18)16-9/h3,5-6H,2,4,7-8H2,1H3. The van der Waals surface area contributed by atoms with Crippen molar-refractivity contribution in [3.05, 3.63) is 33.7 Å². The van der Waals surface area contributed by atoms with Crippen molar-refractivity contribution in [2.75, 3.05) is 26.8 Å². The number of methoxy groups -OCH3 is 1. The van der Waals surface area contributed by atoms with Crippen LogP contribution in [0.5, 0.6) is 0 Å². The summed E-state index contributed by atoms with van der Waals surface area (Å²) in [4.78, 5) is 17.6. The summed E-state index contributed by atoms with van der Waals surface area (Å²) in [5.41, 5.74) is 0.0257. The minimum atomic E-state index is -4.31. The molecule has 2 aromatic rings. The largest absolute Gasteiger partial charge is 0.401 e. The predicted molar refractivity (Wildman–Crippen MR) is 72.5 cm³/mol. The molecule has 21 heavy (non-hydrogen) atoms. The molecule has 0 unspecified atom stereocenters. The van der Waals surface area contributed by atoms with Gasteiger partial charge in [0.15, 0.2) is 4.96 Å². The normalized spacial score (nSPS) is 12.4. The van der Waals surface area contributed by atoms with Gasteiger partial charge in [-0.25, -0.2) is 4.98 Å².